The molecule has 1 unspecified atom stereocenters. The zero-order chi connectivity index (χ0) is 12.3. The van der Waals surface area contributed by atoms with Crippen LogP contribution in [0.1, 0.15) is 37.7 Å². The molecule has 16 heavy (non-hydrogen) atoms. The lowest BCUT2D eigenvalue weighted by Gasteiger charge is -2.42. The Kier molecular flexibility index (Phi) is 4.80. The van der Waals surface area contributed by atoms with Crippen LogP contribution in [0.2, 0.25) is 4.34 Å². The highest BCUT2D eigenvalue weighted by Gasteiger charge is 2.38. The first-order chi connectivity index (χ1) is 7.47. The molecule has 1 atom stereocenters. The van der Waals surface area contributed by atoms with E-state index in [1.54, 1.807) is 0 Å². The van der Waals surface area contributed by atoms with E-state index in [0.29, 0.717) is 0 Å². The second-order valence-electron chi connectivity index (χ2n) is 4.25. The maximum absolute atomic E-state index is 10.5. The molecule has 0 radical (unpaired) electrons. The third-order valence-electron chi connectivity index (χ3n) is 3.49. The molecule has 1 rings (SSSR count). The van der Waals surface area contributed by atoms with Crippen molar-refractivity contribution in [2.45, 2.75) is 38.3 Å². The molecule has 92 valence electrons. The number of aliphatic hydroxyl groups is 1. The molecule has 0 aliphatic carbocycles. The molecule has 0 aliphatic heterocycles. The van der Waals surface area contributed by atoms with Gasteiger partial charge in [0.25, 0.3) is 0 Å². The largest absolute Gasteiger partial charge is 0.386 e. The predicted octanol–water partition coefficient (Wildman–Crippen LogP) is 3.56. The van der Waals surface area contributed by atoms with E-state index in [9.17, 15) is 5.11 Å². The van der Waals surface area contributed by atoms with Crippen molar-refractivity contribution in [2.24, 2.45) is 0 Å². The molecule has 0 saturated carbocycles. The van der Waals surface area contributed by atoms with Crippen molar-refractivity contribution in [1.82, 2.24) is 4.90 Å². The minimum atomic E-state index is -0.477. The topological polar surface area (TPSA) is 23.5 Å². The van der Waals surface area contributed by atoms with Gasteiger partial charge in [-0.3, -0.25) is 0 Å². The summed E-state index contributed by atoms with van der Waals surface area (Å²) >= 11 is 7.37. The van der Waals surface area contributed by atoms with E-state index < -0.39 is 6.10 Å². The number of rotatable bonds is 5. The summed E-state index contributed by atoms with van der Waals surface area (Å²) in [7, 11) is 4.04. The summed E-state index contributed by atoms with van der Waals surface area (Å²) in [5, 5.41) is 10.5. The lowest BCUT2D eigenvalue weighted by molar-refractivity contribution is -0.0128. The van der Waals surface area contributed by atoms with E-state index in [2.05, 4.69) is 18.7 Å². The van der Waals surface area contributed by atoms with Crippen LogP contribution >= 0.6 is 22.9 Å². The Morgan fingerprint density at radius 1 is 1.38 bits per heavy atom. The van der Waals surface area contributed by atoms with E-state index in [-0.39, 0.29) is 5.54 Å². The third-order valence-corrected chi connectivity index (χ3v) is 4.77. The molecule has 1 heterocycles. The van der Waals surface area contributed by atoms with E-state index in [1.165, 1.54) is 11.3 Å². The van der Waals surface area contributed by atoms with Crippen LogP contribution in [-0.2, 0) is 0 Å². The highest BCUT2D eigenvalue weighted by Crippen LogP contribution is 2.39. The molecule has 1 N–H and O–H groups in total. The van der Waals surface area contributed by atoms with Gasteiger partial charge >= 0.3 is 0 Å². The van der Waals surface area contributed by atoms with Gasteiger partial charge in [-0.2, -0.15) is 0 Å². The number of hydrogen-bond acceptors (Lipinski definition) is 3. The molecule has 0 saturated heterocycles. The molecule has 2 nitrogen and oxygen atoms in total. The number of likely N-dealkylation sites (N-methyl/N-ethyl adjacent to an activating group) is 1. The Hall–Kier alpha value is -0.0900. The summed E-state index contributed by atoms with van der Waals surface area (Å²) in [6.07, 6.45) is 1.34. The molecule has 1 aromatic rings. The fraction of sp³-hybridized carbons (Fsp3) is 0.667. The lowest BCUT2D eigenvalue weighted by Crippen LogP contribution is -2.48. The first-order valence-electron chi connectivity index (χ1n) is 5.58. The van der Waals surface area contributed by atoms with Crippen LogP contribution in [0, 0.1) is 0 Å². The zero-order valence-corrected chi connectivity index (χ0v) is 11.9. The third kappa shape index (κ3) is 2.43. The van der Waals surface area contributed by atoms with Crippen molar-refractivity contribution in [1.29, 1.82) is 0 Å². The van der Waals surface area contributed by atoms with Crippen LogP contribution in [0.25, 0.3) is 0 Å². The predicted molar refractivity (Wildman–Crippen MR) is 71.3 cm³/mol. The van der Waals surface area contributed by atoms with Crippen LogP contribution in [0.15, 0.2) is 12.1 Å². The van der Waals surface area contributed by atoms with Crippen molar-refractivity contribution in [3.8, 4) is 0 Å². The highest BCUT2D eigenvalue weighted by atomic mass is 35.5. The van der Waals surface area contributed by atoms with Crippen LogP contribution in [0.5, 0.6) is 0 Å². The molecule has 1 aromatic heterocycles. The van der Waals surface area contributed by atoms with Gasteiger partial charge in [-0.1, -0.05) is 25.4 Å². The summed E-state index contributed by atoms with van der Waals surface area (Å²) in [4.78, 5) is 3.06. The second kappa shape index (κ2) is 5.50. The van der Waals surface area contributed by atoms with Gasteiger partial charge < -0.3 is 10.0 Å². The monoisotopic (exact) mass is 261 g/mol. The van der Waals surface area contributed by atoms with Crippen molar-refractivity contribution >= 4 is 22.9 Å². The highest BCUT2D eigenvalue weighted by molar-refractivity contribution is 7.16. The molecule has 0 aromatic carbocycles. The van der Waals surface area contributed by atoms with Gasteiger partial charge in [-0.05, 0) is 39.1 Å². The van der Waals surface area contributed by atoms with Gasteiger partial charge in [-0.25, -0.2) is 0 Å². The number of aliphatic hydroxyl groups excluding tert-OH is 1. The van der Waals surface area contributed by atoms with E-state index in [4.69, 9.17) is 11.6 Å². The van der Waals surface area contributed by atoms with Gasteiger partial charge in [0.15, 0.2) is 0 Å². The first-order valence-corrected chi connectivity index (χ1v) is 6.78. The van der Waals surface area contributed by atoms with Gasteiger partial charge in [0.05, 0.1) is 9.88 Å². The Morgan fingerprint density at radius 2 is 1.94 bits per heavy atom. The zero-order valence-electron chi connectivity index (χ0n) is 10.3. The summed E-state index contributed by atoms with van der Waals surface area (Å²) < 4.78 is 0.730. The number of thiophene rings is 1. The van der Waals surface area contributed by atoms with Crippen molar-refractivity contribution in [3.05, 3.63) is 21.3 Å². The minimum absolute atomic E-state index is 0.200. The Bertz CT molecular complexity index is 334. The van der Waals surface area contributed by atoms with Crippen LogP contribution in [0.3, 0.4) is 0 Å². The molecule has 0 aliphatic rings. The van der Waals surface area contributed by atoms with Gasteiger partial charge in [0.1, 0.15) is 6.10 Å². The molecule has 4 heteroatoms. The summed E-state index contributed by atoms with van der Waals surface area (Å²) in [5.74, 6) is 0. The molecule has 0 bridgehead atoms. The summed E-state index contributed by atoms with van der Waals surface area (Å²) in [6.45, 7) is 4.23. The second-order valence-corrected chi connectivity index (χ2v) is 6.00. The fourth-order valence-corrected chi connectivity index (χ4v) is 3.41. The minimum Gasteiger partial charge on any atom is -0.386 e. The molecular weight excluding hydrogens is 242 g/mol. The average molecular weight is 262 g/mol. The standard InChI is InChI=1S/C12H20ClNOS/c1-5-12(6-2,14(3)4)11(15)9-7-8-10(13)16-9/h7-8,11,15H,5-6H2,1-4H3. The van der Waals surface area contributed by atoms with E-state index >= 15 is 0 Å². The number of nitrogens with zero attached hydrogens (tertiary/aromatic N) is 1. The maximum atomic E-state index is 10.5. The van der Waals surface area contributed by atoms with E-state index in [1.807, 2.05) is 26.2 Å². The molecule has 0 spiro atoms. The Balaban J connectivity index is 3.04. The van der Waals surface area contributed by atoms with Crippen molar-refractivity contribution in [3.63, 3.8) is 0 Å². The number of halogens is 1. The maximum Gasteiger partial charge on any atom is 0.106 e. The van der Waals surface area contributed by atoms with Crippen LogP contribution in [-0.4, -0.2) is 29.6 Å². The van der Waals surface area contributed by atoms with Crippen LogP contribution in [0.4, 0.5) is 0 Å². The summed E-state index contributed by atoms with van der Waals surface area (Å²) in [6, 6.07) is 3.76. The Morgan fingerprint density at radius 3 is 2.25 bits per heavy atom. The molecule has 0 amide bonds. The molecule has 0 fully saturated rings. The average Bonchev–Trinajstić information content (AvgIpc) is 2.66. The number of hydrogen-bond donors (Lipinski definition) is 1. The first kappa shape index (κ1) is 14.0. The molecular formula is C12H20ClNOS. The Labute approximate surface area is 107 Å². The van der Waals surface area contributed by atoms with Gasteiger partial charge in [0, 0.05) is 4.88 Å². The fourth-order valence-electron chi connectivity index (χ4n) is 2.25. The normalized spacial score (nSPS) is 14.4. The van der Waals surface area contributed by atoms with E-state index in [0.717, 1.165) is 22.1 Å². The summed E-state index contributed by atoms with van der Waals surface area (Å²) in [5.41, 5.74) is -0.200. The smallest absolute Gasteiger partial charge is 0.106 e. The van der Waals surface area contributed by atoms with Crippen molar-refractivity contribution in [2.75, 3.05) is 14.1 Å². The van der Waals surface area contributed by atoms with Gasteiger partial charge in [-0.15, -0.1) is 11.3 Å². The van der Waals surface area contributed by atoms with Crippen molar-refractivity contribution < 1.29 is 5.11 Å². The van der Waals surface area contributed by atoms with Crippen LogP contribution < -0.4 is 0 Å². The van der Waals surface area contributed by atoms with Gasteiger partial charge in [0.2, 0.25) is 0 Å². The quantitative estimate of drug-likeness (QED) is 0.876. The lowest BCUT2D eigenvalue weighted by atomic mass is 9.84. The SMILES string of the molecule is CCC(CC)(C(O)c1ccc(Cl)s1)N(C)C.